The van der Waals surface area contributed by atoms with Crippen molar-refractivity contribution in [2.24, 2.45) is 0 Å². The van der Waals surface area contributed by atoms with Gasteiger partial charge in [0.15, 0.2) is 12.4 Å². The summed E-state index contributed by atoms with van der Waals surface area (Å²) in [7, 11) is 0. The minimum Gasteiger partial charge on any atom is -0.483 e. The second-order valence-electron chi connectivity index (χ2n) is 9.19. The number of hydrogen-bond donors (Lipinski definition) is 0. The Hall–Kier alpha value is -3.93. The van der Waals surface area contributed by atoms with Crippen molar-refractivity contribution in [1.29, 1.82) is 0 Å². The maximum Gasteiger partial charge on any atom is 0.260 e. The van der Waals surface area contributed by atoms with Crippen LogP contribution in [0.4, 0.5) is 5.82 Å². The topological polar surface area (TPSA) is 58.6 Å². The molecular weight excluding hydrogens is 436 g/mol. The lowest BCUT2D eigenvalue weighted by atomic mass is 10.0. The molecule has 6 heteroatoms. The van der Waals surface area contributed by atoms with Gasteiger partial charge < -0.3 is 14.5 Å². The van der Waals surface area contributed by atoms with E-state index >= 15 is 0 Å². The lowest BCUT2D eigenvalue weighted by molar-refractivity contribution is -0.133. The zero-order valence-corrected chi connectivity index (χ0v) is 20.2. The molecular formula is C29H30N4O2. The molecule has 0 radical (unpaired) electrons. The van der Waals surface area contributed by atoms with Crippen molar-refractivity contribution in [3.8, 4) is 17.0 Å². The van der Waals surface area contributed by atoms with Crippen molar-refractivity contribution >= 4 is 22.5 Å². The summed E-state index contributed by atoms with van der Waals surface area (Å²) in [5.74, 6) is 1.99. The molecule has 1 aliphatic rings. The monoisotopic (exact) mass is 466 g/mol. The van der Waals surface area contributed by atoms with Crippen LogP contribution in [-0.2, 0) is 4.79 Å². The molecule has 0 atom stereocenters. The molecule has 1 saturated heterocycles. The number of aromatic nitrogens is 2. The van der Waals surface area contributed by atoms with Gasteiger partial charge in [-0.15, -0.1) is 10.2 Å². The van der Waals surface area contributed by atoms with Crippen LogP contribution in [-0.4, -0.2) is 53.8 Å². The van der Waals surface area contributed by atoms with Crippen LogP contribution in [0.2, 0.25) is 0 Å². The van der Waals surface area contributed by atoms with Gasteiger partial charge in [0.1, 0.15) is 5.75 Å². The van der Waals surface area contributed by atoms with E-state index in [2.05, 4.69) is 65.3 Å². The fraction of sp³-hybridized carbons (Fsp3) is 0.276. The molecule has 35 heavy (non-hydrogen) atoms. The van der Waals surface area contributed by atoms with Gasteiger partial charge in [-0.05, 0) is 46.5 Å². The minimum atomic E-state index is 0.0148. The lowest BCUT2D eigenvalue weighted by Gasteiger charge is -2.35. The standard InChI is InChI=1S/C29H30N4O2/c1-21(2)25-9-5-6-10-27(25)35-20-29(34)33-17-15-32(16-18-33)28-14-13-26(30-31-28)24-12-11-22-7-3-4-8-23(22)19-24/h3-14,19,21H,15-18,20H2,1-2H3. The van der Waals surface area contributed by atoms with Gasteiger partial charge in [-0.1, -0.05) is 68.4 Å². The average Bonchev–Trinajstić information content (AvgIpc) is 2.91. The SMILES string of the molecule is CC(C)c1ccccc1OCC(=O)N1CCN(c2ccc(-c3ccc4ccccc4c3)nn2)CC1. The first kappa shape index (κ1) is 22.8. The molecule has 4 aromatic rings. The molecule has 1 amide bonds. The summed E-state index contributed by atoms with van der Waals surface area (Å²) in [4.78, 5) is 16.8. The minimum absolute atomic E-state index is 0.0148. The van der Waals surface area contributed by atoms with Crippen LogP contribution in [0.5, 0.6) is 5.75 Å². The van der Waals surface area contributed by atoms with Gasteiger partial charge in [-0.2, -0.15) is 0 Å². The van der Waals surface area contributed by atoms with Gasteiger partial charge in [0.2, 0.25) is 0 Å². The smallest absolute Gasteiger partial charge is 0.260 e. The van der Waals surface area contributed by atoms with Gasteiger partial charge in [0, 0.05) is 31.7 Å². The molecule has 3 aromatic carbocycles. The van der Waals surface area contributed by atoms with E-state index in [4.69, 9.17) is 4.74 Å². The van der Waals surface area contributed by atoms with E-state index in [9.17, 15) is 4.79 Å². The number of hydrogen-bond acceptors (Lipinski definition) is 5. The second kappa shape index (κ2) is 10.1. The summed E-state index contributed by atoms with van der Waals surface area (Å²) in [6.45, 7) is 7.03. The third kappa shape index (κ3) is 5.11. The van der Waals surface area contributed by atoms with Crippen LogP contribution < -0.4 is 9.64 Å². The van der Waals surface area contributed by atoms with E-state index in [0.717, 1.165) is 41.5 Å². The molecule has 0 aliphatic carbocycles. The number of carbonyl (C=O) groups is 1. The predicted octanol–water partition coefficient (Wildman–Crippen LogP) is 5.15. The number of carbonyl (C=O) groups excluding carboxylic acids is 1. The quantitative estimate of drug-likeness (QED) is 0.393. The fourth-order valence-electron chi connectivity index (χ4n) is 4.50. The largest absolute Gasteiger partial charge is 0.483 e. The first-order valence-corrected chi connectivity index (χ1v) is 12.2. The van der Waals surface area contributed by atoms with Crippen LogP contribution in [0.1, 0.15) is 25.3 Å². The average molecular weight is 467 g/mol. The number of fused-ring (bicyclic) bond motifs is 1. The van der Waals surface area contributed by atoms with Crippen molar-refractivity contribution in [1.82, 2.24) is 15.1 Å². The van der Waals surface area contributed by atoms with Crippen molar-refractivity contribution in [3.05, 3.63) is 84.4 Å². The summed E-state index contributed by atoms with van der Waals surface area (Å²) >= 11 is 0. The van der Waals surface area contributed by atoms with Gasteiger partial charge in [0.25, 0.3) is 5.91 Å². The van der Waals surface area contributed by atoms with E-state index in [1.807, 2.05) is 47.4 Å². The number of ether oxygens (including phenoxy) is 1. The molecule has 6 nitrogen and oxygen atoms in total. The molecule has 178 valence electrons. The van der Waals surface area contributed by atoms with E-state index in [1.165, 1.54) is 10.8 Å². The molecule has 1 aromatic heterocycles. The van der Waals surface area contributed by atoms with Crippen molar-refractivity contribution in [3.63, 3.8) is 0 Å². The molecule has 0 N–H and O–H groups in total. The van der Waals surface area contributed by atoms with Crippen LogP contribution >= 0.6 is 0 Å². The van der Waals surface area contributed by atoms with E-state index < -0.39 is 0 Å². The number of rotatable bonds is 6. The Morgan fingerprint density at radius 2 is 1.60 bits per heavy atom. The maximum absolute atomic E-state index is 12.7. The zero-order valence-electron chi connectivity index (χ0n) is 20.2. The summed E-state index contributed by atoms with van der Waals surface area (Å²) < 4.78 is 5.88. The Labute approximate surface area is 206 Å². The van der Waals surface area contributed by atoms with Crippen molar-refractivity contribution in [2.75, 3.05) is 37.7 Å². The first-order valence-electron chi connectivity index (χ1n) is 12.2. The Kier molecular flexibility index (Phi) is 6.62. The van der Waals surface area contributed by atoms with Gasteiger partial charge >= 0.3 is 0 Å². The number of para-hydroxylation sites is 1. The number of amides is 1. The third-order valence-corrected chi connectivity index (χ3v) is 6.54. The van der Waals surface area contributed by atoms with Gasteiger partial charge in [-0.25, -0.2) is 0 Å². The highest BCUT2D eigenvalue weighted by Crippen LogP contribution is 2.26. The highest BCUT2D eigenvalue weighted by molar-refractivity contribution is 5.86. The van der Waals surface area contributed by atoms with Crippen LogP contribution in [0, 0.1) is 0 Å². The molecule has 0 saturated carbocycles. The number of piperazine rings is 1. The predicted molar refractivity (Wildman–Crippen MR) is 140 cm³/mol. The molecule has 2 heterocycles. The van der Waals surface area contributed by atoms with Gasteiger partial charge in [-0.3, -0.25) is 4.79 Å². The first-order chi connectivity index (χ1) is 17.1. The molecule has 1 aliphatic heterocycles. The van der Waals surface area contributed by atoms with E-state index in [1.54, 1.807) is 0 Å². The maximum atomic E-state index is 12.7. The van der Waals surface area contributed by atoms with Crippen LogP contribution in [0.15, 0.2) is 78.9 Å². The van der Waals surface area contributed by atoms with Crippen LogP contribution in [0.25, 0.3) is 22.0 Å². The number of nitrogens with zero attached hydrogens (tertiary/aromatic N) is 4. The summed E-state index contributed by atoms with van der Waals surface area (Å²) in [5, 5.41) is 11.4. The Balaban J connectivity index is 1.17. The number of benzene rings is 3. The van der Waals surface area contributed by atoms with E-state index in [0.29, 0.717) is 19.0 Å². The highest BCUT2D eigenvalue weighted by atomic mass is 16.5. The van der Waals surface area contributed by atoms with Gasteiger partial charge in [0.05, 0.1) is 5.69 Å². The summed E-state index contributed by atoms with van der Waals surface area (Å²) in [6.07, 6.45) is 0. The Bertz CT molecular complexity index is 1310. The fourth-order valence-corrected chi connectivity index (χ4v) is 4.50. The Morgan fingerprint density at radius 3 is 2.34 bits per heavy atom. The lowest BCUT2D eigenvalue weighted by Crippen LogP contribution is -2.50. The summed E-state index contributed by atoms with van der Waals surface area (Å²) in [5.41, 5.74) is 3.03. The second-order valence-corrected chi connectivity index (χ2v) is 9.19. The molecule has 1 fully saturated rings. The number of anilines is 1. The van der Waals surface area contributed by atoms with Crippen molar-refractivity contribution in [2.45, 2.75) is 19.8 Å². The molecule has 0 unspecified atom stereocenters. The Morgan fingerprint density at radius 1 is 0.857 bits per heavy atom. The van der Waals surface area contributed by atoms with Crippen molar-refractivity contribution < 1.29 is 9.53 Å². The summed E-state index contributed by atoms with van der Waals surface area (Å²) in [6, 6.07) is 26.6. The normalized spacial score (nSPS) is 13.9. The molecule has 5 rings (SSSR count). The zero-order chi connectivity index (χ0) is 24.2. The molecule has 0 bridgehead atoms. The van der Waals surface area contributed by atoms with Crippen LogP contribution in [0.3, 0.4) is 0 Å². The van der Waals surface area contributed by atoms with E-state index in [-0.39, 0.29) is 12.5 Å². The highest BCUT2D eigenvalue weighted by Gasteiger charge is 2.23. The molecule has 0 spiro atoms. The third-order valence-electron chi connectivity index (χ3n) is 6.54.